The number of carbonyl (C=O) groups is 3. The summed E-state index contributed by atoms with van der Waals surface area (Å²) in [5.41, 5.74) is 13.6. The number of nitrogens with one attached hydrogen (secondary N) is 3. The number of hydrogen-bond donors (Lipinski definition) is 6. The summed E-state index contributed by atoms with van der Waals surface area (Å²) in [6, 6.07) is 44.4. The van der Waals surface area contributed by atoms with E-state index in [0.29, 0.717) is 38.7 Å². The second-order valence-electron chi connectivity index (χ2n) is 15.5. The molecule has 82 heavy (non-hydrogen) atoms. The number of thiophene rings is 4. The van der Waals surface area contributed by atoms with Gasteiger partial charge in [-0.3, -0.25) is 14.4 Å². The first-order chi connectivity index (χ1) is 38.0. The predicted molar refractivity (Wildman–Crippen MR) is 346 cm³/mol. The van der Waals surface area contributed by atoms with Gasteiger partial charge in [0.05, 0.1) is 22.7 Å². The van der Waals surface area contributed by atoms with Gasteiger partial charge in [-0.2, -0.15) is 0 Å². The van der Waals surface area contributed by atoms with Gasteiger partial charge in [-0.05, 0) is 119 Å². The number of nitrogens with zero attached hydrogens (tertiary/aromatic N) is 2. The number of hydrogen-bond acceptors (Lipinski definition) is 14. The number of ether oxygens (including phenoxy) is 1. The van der Waals surface area contributed by atoms with Crippen LogP contribution < -0.4 is 57.0 Å². The Morgan fingerprint density at radius 1 is 0.573 bits per heavy atom. The van der Waals surface area contributed by atoms with E-state index in [9.17, 15) is 14.4 Å². The Kier molecular flexibility index (Phi) is 50.4. The van der Waals surface area contributed by atoms with E-state index in [1.165, 1.54) is 26.6 Å². The first kappa shape index (κ1) is 81.4. The van der Waals surface area contributed by atoms with Crippen molar-refractivity contribution in [3.05, 3.63) is 247 Å². The van der Waals surface area contributed by atoms with Crippen molar-refractivity contribution in [1.82, 2.24) is 16.0 Å². The molecule has 8 N–H and O–H groups in total. The molecule has 8 rings (SSSR count). The van der Waals surface area contributed by atoms with Crippen LogP contribution >= 0.6 is 91.8 Å². The van der Waals surface area contributed by atoms with E-state index >= 15 is 0 Å². The number of rotatable bonds is 20. The third-order valence-corrected chi connectivity index (χ3v) is 15.5. The zero-order chi connectivity index (χ0) is 57.3. The van der Waals surface area contributed by atoms with Gasteiger partial charge in [-0.15, -0.1) is 45.3 Å². The molecule has 4 aromatic heterocycles. The average Bonchev–Trinajstić information content (AvgIpc) is 4.35. The number of aldehydes is 1. The monoisotopic (exact) mass is 1280 g/mol. The van der Waals surface area contributed by atoms with Crippen LogP contribution in [0.3, 0.4) is 0 Å². The van der Waals surface area contributed by atoms with Crippen LogP contribution in [0.1, 0.15) is 87.1 Å². The fourth-order valence-corrected chi connectivity index (χ4v) is 10.4. The van der Waals surface area contributed by atoms with Crippen LogP contribution in [0.5, 0.6) is 0 Å². The smallest absolute Gasteiger partial charge is 0.512 e. The number of methoxy groups -OCH3 is 1. The van der Waals surface area contributed by atoms with E-state index in [4.69, 9.17) is 86.1 Å². The maximum Gasteiger partial charge on any atom is 1.00 e. The molecular weight excluding hydrogens is 1200 g/mol. The molecule has 0 radical (unpaired) electrons. The van der Waals surface area contributed by atoms with E-state index in [1.54, 1.807) is 81.7 Å². The molecule has 0 aliphatic rings. The Hall–Kier alpha value is -4.77. The van der Waals surface area contributed by atoms with Crippen molar-refractivity contribution in [3.8, 4) is 0 Å². The van der Waals surface area contributed by atoms with E-state index in [1.807, 2.05) is 89.6 Å². The molecule has 4 heterocycles. The second kappa shape index (κ2) is 50.7. The Morgan fingerprint density at radius 2 is 0.915 bits per heavy atom. The third kappa shape index (κ3) is 31.8. The zero-order valence-electron chi connectivity index (χ0n) is 43.9. The molecule has 0 saturated carbocycles. The van der Waals surface area contributed by atoms with Crippen LogP contribution in [-0.2, 0) is 40.0 Å². The normalized spacial score (nSPS) is 10.5. The van der Waals surface area contributed by atoms with Crippen molar-refractivity contribution in [1.29, 1.82) is 5.26 Å². The van der Waals surface area contributed by atoms with Crippen LogP contribution in [0, 0.1) is 18.4 Å². The molecule has 3 atom stereocenters. The summed E-state index contributed by atoms with van der Waals surface area (Å²) in [4.78, 5) is 42.5. The van der Waals surface area contributed by atoms with Gasteiger partial charge >= 0.3 is 41.7 Å². The van der Waals surface area contributed by atoms with Crippen molar-refractivity contribution >= 4 is 110 Å². The van der Waals surface area contributed by atoms with Crippen molar-refractivity contribution in [2.45, 2.75) is 66.2 Å². The molecule has 0 saturated heterocycles. The number of carbonyl (C=O) groups excluding carboxylic acids is 3. The number of nitrogens with two attached hydrogens (primary N) is 2. The molecule has 0 aliphatic heterocycles. The molecule has 0 fully saturated rings. The van der Waals surface area contributed by atoms with Gasteiger partial charge in [0, 0.05) is 61.9 Å². The summed E-state index contributed by atoms with van der Waals surface area (Å²) in [5.74, 6) is -0.747. The first-order valence-corrected chi connectivity index (χ1v) is 28.9. The molecule has 12 nitrogen and oxygen atoms in total. The van der Waals surface area contributed by atoms with E-state index < -0.39 is 18.0 Å². The average molecular weight is 1280 g/mol. The van der Waals surface area contributed by atoms with Crippen LogP contribution in [0.15, 0.2) is 167 Å². The SMILES string of the molecule is C.C.C.CO.COC(=O)C(NCCc1cccs1)c1ccccc1Cl.NC(=O)C(NCCc1cccs1)c1ccccc1Cl.NCCc1cccs1.O=Cc1ccccc1Cl.[C-]#N.[C-]#[N+]C(NCCc1cccs1)c1ccccc1Cl.[Na+]. The molecule has 21 heteroatoms. The van der Waals surface area contributed by atoms with Crippen molar-refractivity contribution in [2.75, 3.05) is 40.4 Å². The van der Waals surface area contributed by atoms with E-state index in [-0.39, 0.29) is 64.0 Å². The Balaban J connectivity index is -0.000000955. The number of aliphatic hydroxyl groups excluding tert-OH is 1. The van der Waals surface area contributed by atoms with E-state index in [2.05, 4.69) is 61.9 Å². The summed E-state index contributed by atoms with van der Waals surface area (Å²) >= 11 is 30.8. The van der Waals surface area contributed by atoms with Crippen LogP contribution in [-0.4, -0.2) is 63.7 Å². The van der Waals surface area contributed by atoms with Crippen molar-refractivity contribution in [2.24, 2.45) is 11.5 Å². The molecular formula is C61H74Cl4N7NaO5S4. The minimum absolute atomic E-state index is 0. The standard InChI is InChI=1S/C15H16ClNO2S.C14H15ClN2OS.C14H13ClN2S.C7H5ClO.C6H9NS.CN.CH4O.3CH4.Na/c1-19-15(18)14(12-6-2-3-7-13(12)16)17-9-8-11-5-4-10-20-11;15-12-6-2-1-5-11(12)13(14(16)18)17-8-7-10-4-3-9-19-10;1-16-14(12-6-2-3-7-13(12)15)17-9-8-11-5-4-10-18-11;8-7-4-2-1-3-6(7)5-9;7-4-3-6-2-1-5-8-6;2*1-2;;;;/h2-7,10,14,17H,8-9H2,1H3;1-6,9,13,17H,7-8H2,(H2,16,18);2-7,10,14,17H,8-9H2;1-5H;1-2,5H,3-4,7H2;;2H,1H3;3*1H4;/q;;;;;-1;;;;;+1. The van der Waals surface area contributed by atoms with Crippen LogP contribution in [0.25, 0.3) is 4.85 Å². The molecule has 4 aromatic carbocycles. The fraction of sp³-hybridized carbons (Fsp3) is 0.262. The molecule has 436 valence electrons. The molecule has 0 bridgehead atoms. The molecule has 3 unspecified atom stereocenters. The Morgan fingerprint density at radius 3 is 1.23 bits per heavy atom. The molecule has 0 aliphatic carbocycles. The van der Waals surface area contributed by atoms with Gasteiger partial charge in [0.2, 0.25) is 5.91 Å². The molecule has 8 aromatic rings. The third-order valence-electron chi connectivity index (χ3n) is 10.4. The summed E-state index contributed by atoms with van der Waals surface area (Å²) in [5, 5.41) is 33.3. The number of aliphatic hydroxyl groups is 1. The van der Waals surface area contributed by atoms with Gasteiger partial charge in [-0.25, -0.2) is 16.7 Å². The summed E-state index contributed by atoms with van der Waals surface area (Å²) in [7, 11) is 2.38. The van der Waals surface area contributed by atoms with Gasteiger partial charge in [0.25, 0.3) is 0 Å². The summed E-state index contributed by atoms with van der Waals surface area (Å²) in [6.07, 6.45) is 4.08. The second-order valence-corrected chi connectivity index (χ2v) is 21.3. The number of benzene rings is 4. The van der Waals surface area contributed by atoms with Gasteiger partial charge in [0.1, 0.15) is 12.1 Å². The largest absolute Gasteiger partial charge is 1.00 e. The zero-order valence-corrected chi connectivity index (χ0v) is 52.2. The minimum atomic E-state index is -0.548. The Labute approximate surface area is 544 Å². The summed E-state index contributed by atoms with van der Waals surface area (Å²) in [6.45, 7) is 14.9. The maximum absolute atomic E-state index is 11.9. The maximum atomic E-state index is 11.9. The van der Waals surface area contributed by atoms with Gasteiger partial charge < -0.3 is 43.8 Å². The van der Waals surface area contributed by atoms with E-state index in [0.717, 1.165) is 68.9 Å². The van der Waals surface area contributed by atoms with Crippen LogP contribution in [0.2, 0.25) is 20.1 Å². The quantitative estimate of drug-likeness (QED) is 0.0185. The Bertz CT molecular complexity index is 2910. The fourth-order valence-electron chi connectivity index (χ4n) is 6.69. The number of halogens is 4. The van der Waals surface area contributed by atoms with Gasteiger partial charge in [0.15, 0.2) is 6.29 Å². The van der Waals surface area contributed by atoms with Crippen molar-refractivity contribution < 1.29 is 53.8 Å². The topological polar surface area (TPSA) is 197 Å². The predicted octanol–water partition coefficient (Wildman–Crippen LogP) is 12.4. The van der Waals surface area contributed by atoms with Crippen LogP contribution in [0.4, 0.5) is 0 Å². The molecule has 0 spiro atoms. The number of amides is 1. The number of esters is 1. The summed E-state index contributed by atoms with van der Waals surface area (Å²) < 4.78 is 4.85. The molecule has 1 amide bonds. The van der Waals surface area contributed by atoms with Crippen molar-refractivity contribution in [3.63, 3.8) is 0 Å². The number of primary amides is 1. The minimum Gasteiger partial charge on any atom is -0.512 e. The van der Waals surface area contributed by atoms with Gasteiger partial charge in [-0.1, -0.05) is 160 Å². The first-order valence-electron chi connectivity index (χ1n) is 23.8.